The number of nitrogens with one attached hydrogen (secondary N) is 3. The fourth-order valence-corrected chi connectivity index (χ4v) is 2.93. The van der Waals surface area contributed by atoms with Crippen LogP contribution in [0.3, 0.4) is 0 Å². The summed E-state index contributed by atoms with van der Waals surface area (Å²) >= 11 is 5.26. The number of carbonyl (C=O) groups excluding carboxylic acids is 1. The summed E-state index contributed by atoms with van der Waals surface area (Å²) in [7, 11) is 0. The number of carboxylic acid groups (broad SMARTS) is 1. The van der Waals surface area contributed by atoms with Gasteiger partial charge in [0.15, 0.2) is 5.11 Å². The molecule has 4 N–H and O–H groups in total. The monoisotopic (exact) mass is 329 g/mol. The van der Waals surface area contributed by atoms with Gasteiger partial charge in [0.1, 0.15) is 6.04 Å². The molecule has 1 fully saturated rings. The Bertz CT molecular complexity index is 384. The fourth-order valence-electron chi connectivity index (χ4n) is 2.66. The van der Waals surface area contributed by atoms with Gasteiger partial charge in [-0.3, -0.25) is 4.79 Å². The van der Waals surface area contributed by atoms with E-state index in [0.717, 1.165) is 12.8 Å². The molecule has 1 aliphatic rings. The van der Waals surface area contributed by atoms with Gasteiger partial charge in [0.2, 0.25) is 5.91 Å². The first-order valence-corrected chi connectivity index (χ1v) is 8.44. The van der Waals surface area contributed by atoms with Gasteiger partial charge in [-0.1, -0.05) is 19.3 Å². The second-order valence-electron chi connectivity index (χ2n) is 5.82. The van der Waals surface area contributed by atoms with Gasteiger partial charge in [0, 0.05) is 19.5 Å². The molecule has 0 saturated heterocycles. The Morgan fingerprint density at radius 3 is 2.50 bits per heavy atom. The van der Waals surface area contributed by atoms with Crippen molar-refractivity contribution in [2.75, 3.05) is 6.54 Å². The van der Waals surface area contributed by atoms with Gasteiger partial charge in [-0.25, -0.2) is 4.79 Å². The number of unbranched alkanes of at least 4 members (excludes halogenated alkanes) is 1. The summed E-state index contributed by atoms with van der Waals surface area (Å²) in [5.74, 6) is -1.30. The minimum Gasteiger partial charge on any atom is -0.480 e. The molecular weight excluding hydrogens is 302 g/mol. The lowest BCUT2D eigenvalue weighted by atomic mass is 9.96. The van der Waals surface area contributed by atoms with Crippen LogP contribution in [0.2, 0.25) is 0 Å². The van der Waals surface area contributed by atoms with Crippen LogP contribution in [0.5, 0.6) is 0 Å². The van der Waals surface area contributed by atoms with Crippen molar-refractivity contribution in [3.63, 3.8) is 0 Å². The lowest BCUT2D eigenvalue weighted by Crippen LogP contribution is -2.43. The third-order valence-corrected chi connectivity index (χ3v) is 4.08. The second kappa shape index (κ2) is 10.4. The second-order valence-corrected chi connectivity index (χ2v) is 6.23. The van der Waals surface area contributed by atoms with Crippen molar-refractivity contribution in [1.82, 2.24) is 16.0 Å². The lowest BCUT2D eigenvalue weighted by molar-refractivity contribution is -0.141. The zero-order valence-corrected chi connectivity index (χ0v) is 14.0. The summed E-state index contributed by atoms with van der Waals surface area (Å²) in [6, 6.07) is -0.310. The molecule has 0 heterocycles. The van der Waals surface area contributed by atoms with Crippen LogP contribution in [0.1, 0.15) is 58.3 Å². The first-order chi connectivity index (χ1) is 10.5. The average Bonchev–Trinajstić information content (AvgIpc) is 2.46. The molecule has 0 radical (unpaired) electrons. The van der Waals surface area contributed by atoms with Crippen LogP contribution in [-0.4, -0.2) is 40.7 Å². The predicted octanol–water partition coefficient (Wildman–Crippen LogP) is 1.54. The highest BCUT2D eigenvalue weighted by molar-refractivity contribution is 7.80. The molecule has 0 bridgehead atoms. The quantitative estimate of drug-likeness (QED) is 0.399. The number of aliphatic carboxylic acids is 1. The normalized spacial score (nSPS) is 16.6. The van der Waals surface area contributed by atoms with Crippen LogP contribution in [0.15, 0.2) is 0 Å². The molecule has 0 spiro atoms. The molecule has 7 heteroatoms. The number of hydrogen-bond donors (Lipinski definition) is 4. The number of hydrogen-bond acceptors (Lipinski definition) is 3. The SMILES string of the molecule is CC(=O)N[C@H](CCCCNC(=S)NC1CCCCC1)C(=O)O. The fraction of sp³-hybridized carbons (Fsp3) is 0.800. The molecule has 1 amide bonds. The first kappa shape index (κ1) is 18.7. The van der Waals surface area contributed by atoms with Gasteiger partial charge in [-0.05, 0) is 44.3 Å². The summed E-state index contributed by atoms with van der Waals surface area (Å²) < 4.78 is 0. The van der Waals surface area contributed by atoms with Crippen LogP contribution < -0.4 is 16.0 Å². The molecule has 0 unspecified atom stereocenters. The molecule has 0 aliphatic heterocycles. The highest BCUT2D eigenvalue weighted by Crippen LogP contribution is 2.17. The van der Waals surface area contributed by atoms with E-state index in [4.69, 9.17) is 17.3 Å². The zero-order chi connectivity index (χ0) is 16.4. The maximum absolute atomic E-state index is 11.0. The highest BCUT2D eigenvalue weighted by atomic mass is 32.1. The van der Waals surface area contributed by atoms with Gasteiger partial charge >= 0.3 is 5.97 Å². The Hall–Kier alpha value is -1.37. The van der Waals surface area contributed by atoms with Crippen molar-refractivity contribution in [3.05, 3.63) is 0 Å². The van der Waals surface area contributed by atoms with Crippen LogP contribution in [0.25, 0.3) is 0 Å². The van der Waals surface area contributed by atoms with Crippen molar-refractivity contribution in [3.8, 4) is 0 Å². The Labute approximate surface area is 137 Å². The number of carboxylic acids is 1. The van der Waals surface area contributed by atoms with Crippen LogP contribution in [0, 0.1) is 0 Å². The number of rotatable bonds is 8. The molecule has 1 aliphatic carbocycles. The standard InChI is InChI=1S/C15H27N3O3S/c1-11(19)17-13(14(20)21)9-5-6-10-16-15(22)18-12-7-3-2-4-8-12/h12-13H,2-10H2,1H3,(H,17,19)(H,20,21)(H2,16,18,22)/t13-/m1/s1. The molecule has 1 rings (SSSR count). The first-order valence-electron chi connectivity index (χ1n) is 8.03. The number of carbonyl (C=O) groups is 2. The predicted molar refractivity (Wildman–Crippen MR) is 89.7 cm³/mol. The molecule has 0 aromatic rings. The zero-order valence-electron chi connectivity index (χ0n) is 13.2. The molecule has 0 aromatic carbocycles. The van der Waals surface area contributed by atoms with Crippen LogP contribution in [-0.2, 0) is 9.59 Å². The van der Waals surface area contributed by atoms with Crippen molar-refractivity contribution in [2.24, 2.45) is 0 Å². The topological polar surface area (TPSA) is 90.5 Å². The molecular formula is C15H27N3O3S. The van der Waals surface area contributed by atoms with Gasteiger partial charge in [0.25, 0.3) is 0 Å². The number of thiocarbonyl (C=S) groups is 1. The Morgan fingerprint density at radius 2 is 1.91 bits per heavy atom. The van der Waals surface area contributed by atoms with E-state index >= 15 is 0 Å². The van der Waals surface area contributed by atoms with Gasteiger partial charge < -0.3 is 21.1 Å². The Balaban J connectivity index is 2.09. The van der Waals surface area contributed by atoms with E-state index in [2.05, 4.69) is 16.0 Å². The summed E-state index contributed by atoms with van der Waals surface area (Å²) in [6.45, 7) is 2.04. The van der Waals surface area contributed by atoms with E-state index in [1.807, 2.05) is 0 Å². The highest BCUT2D eigenvalue weighted by Gasteiger charge is 2.17. The van der Waals surface area contributed by atoms with E-state index in [1.165, 1.54) is 39.0 Å². The third kappa shape index (κ3) is 8.17. The minimum atomic E-state index is -0.988. The lowest BCUT2D eigenvalue weighted by Gasteiger charge is -2.24. The summed E-state index contributed by atoms with van der Waals surface area (Å²) in [4.78, 5) is 21.9. The van der Waals surface area contributed by atoms with Crippen molar-refractivity contribution in [1.29, 1.82) is 0 Å². The van der Waals surface area contributed by atoms with E-state index in [9.17, 15) is 9.59 Å². The van der Waals surface area contributed by atoms with Crippen molar-refractivity contribution < 1.29 is 14.7 Å². The summed E-state index contributed by atoms with van der Waals surface area (Å²) in [5.41, 5.74) is 0. The van der Waals surface area contributed by atoms with E-state index < -0.39 is 12.0 Å². The van der Waals surface area contributed by atoms with Gasteiger partial charge in [-0.15, -0.1) is 0 Å². The molecule has 22 heavy (non-hydrogen) atoms. The van der Waals surface area contributed by atoms with E-state index in [0.29, 0.717) is 24.1 Å². The molecule has 1 atom stereocenters. The Morgan fingerprint density at radius 1 is 1.23 bits per heavy atom. The summed E-state index contributed by atoms with van der Waals surface area (Å²) in [6.07, 6.45) is 8.17. The smallest absolute Gasteiger partial charge is 0.326 e. The third-order valence-electron chi connectivity index (χ3n) is 3.82. The summed E-state index contributed by atoms with van der Waals surface area (Å²) in [5, 5.41) is 18.6. The molecule has 126 valence electrons. The maximum Gasteiger partial charge on any atom is 0.326 e. The molecule has 0 aromatic heterocycles. The molecule has 6 nitrogen and oxygen atoms in total. The molecule has 1 saturated carbocycles. The van der Waals surface area contributed by atoms with Crippen molar-refractivity contribution >= 4 is 29.2 Å². The van der Waals surface area contributed by atoms with E-state index in [1.54, 1.807) is 0 Å². The van der Waals surface area contributed by atoms with E-state index in [-0.39, 0.29) is 5.91 Å². The van der Waals surface area contributed by atoms with Gasteiger partial charge in [-0.2, -0.15) is 0 Å². The maximum atomic E-state index is 11.0. The van der Waals surface area contributed by atoms with Crippen LogP contribution in [0.4, 0.5) is 0 Å². The minimum absolute atomic E-state index is 0.316. The van der Waals surface area contributed by atoms with Gasteiger partial charge in [0.05, 0.1) is 0 Å². The van der Waals surface area contributed by atoms with Crippen molar-refractivity contribution in [2.45, 2.75) is 70.4 Å². The largest absolute Gasteiger partial charge is 0.480 e. The van der Waals surface area contributed by atoms with Crippen LogP contribution >= 0.6 is 12.2 Å². The average molecular weight is 329 g/mol. The number of amides is 1. The Kier molecular flexibility index (Phi) is 8.81.